The Morgan fingerprint density at radius 1 is 1.28 bits per heavy atom. The number of nitrogens with one attached hydrogen (secondary N) is 1. The standard InChI is InChI=1S/C20H19ClFN3O2S2/c1-13-11-15(21)8-9-17(13)27-10-4-7-18(26)23-19-24-25-20(29-19)28-12-14-5-2-3-6-16(14)22/h2-3,5-6,8-9,11H,4,7,10,12H2,1H3,(H,23,24,26). The number of halogens is 2. The van der Waals surface area contributed by atoms with Gasteiger partial charge in [-0.1, -0.05) is 52.9 Å². The Balaban J connectivity index is 1.39. The molecule has 1 N–H and O–H groups in total. The van der Waals surface area contributed by atoms with E-state index in [0.717, 1.165) is 11.3 Å². The van der Waals surface area contributed by atoms with Gasteiger partial charge in [-0.15, -0.1) is 10.2 Å². The van der Waals surface area contributed by atoms with Gasteiger partial charge in [-0.25, -0.2) is 4.39 Å². The van der Waals surface area contributed by atoms with E-state index in [1.807, 2.05) is 19.1 Å². The number of thioether (sulfide) groups is 1. The molecule has 0 aliphatic carbocycles. The number of anilines is 1. The summed E-state index contributed by atoms with van der Waals surface area (Å²) in [7, 11) is 0. The molecule has 0 radical (unpaired) electrons. The number of nitrogens with zero attached hydrogens (tertiary/aromatic N) is 2. The Morgan fingerprint density at radius 2 is 2.10 bits per heavy atom. The van der Waals surface area contributed by atoms with Crippen LogP contribution in [0.4, 0.5) is 9.52 Å². The largest absolute Gasteiger partial charge is 0.493 e. The first-order valence-electron chi connectivity index (χ1n) is 8.90. The van der Waals surface area contributed by atoms with Gasteiger partial charge in [0.2, 0.25) is 11.0 Å². The van der Waals surface area contributed by atoms with Crippen LogP contribution in [0.2, 0.25) is 5.02 Å². The molecule has 1 amide bonds. The van der Waals surface area contributed by atoms with E-state index in [1.54, 1.807) is 24.3 Å². The highest BCUT2D eigenvalue weighted by Gasteiger charge is 2.10. The lowest BCUT2D eigenvalue weighted by Crippen LogP contribution is -2.12. The Morgan fingerprint density at radius 3 is 2.90 bits per heavy atom. The van der Waals surface area contributed by atoms with Gasteiger partial charge in [0.1, 0.15) is 11.6 Å². The van der Waals surface area contributed by atoms with Crippen LogP contribution in [-0.4, -0.2) is 22.7 Å². The highest BCUT2D eigenvalue weighted by molar-refractivity contribution is 8.00. The molecule has 5 nitrogen and oxygen atoms in total. The summed E-state index contributed by atoms with van der Waals surface area (Å²) in [5.41, 5.74) is 1.56. The molecule has 0 saturated carbocycles. The predicted molar refractivity (Wildman–Crippen MR) is 115 cm³/mol. The summed E-state index contributed by atoms with van der Waals surface area (Å²) in [5, 5.41) is 11.8. The van der Waals surface area contributed by atoms with E-state index in [9.17, 15) is 9.18 Å². The smallest absolute Gasteiger partial charge is 0.226 e. The maximum absolute atomic E-state index is 13.6. The van der Waals surface area contributed by atoms with Crippen molar-refractivity contribution in [1.82, 2.24) is 10.2 Å². The predicted octanol–water partition coefficient (Wildman–Crippen LogP) is 5.73. The van der Waals surface area contributed by atoms with Crippen LogP contribution >= 0.6 is 34.7 Å². The lowest BCUT2D eigenvalue weighted by molar-refractivity contribution is -0.116. The van der Waals surface area contributed by atoms with Crippen molar-refractivity contribution >= 4 is 45.7 Å². The van der Waals surface area contributed by atoms with Gasteiger partial charge in [0, 0.05) is 17.2 Å². The molecule has 29 heavy (non-hydrogen) atoms. The molecule has 9 heteroatoms. The molecule has 0 fully saturated rings. The van der Waals surface area contributed by atoms with Crippen molar-refractivity contribution in [3.8, 4) is 5.75 Å². The van der Waals surface area contributed by atoms with Crippen molar-refractivity contribution in [2.75, 3.05) is 11.9 Å². The van der Waals surface area contributed by atoms with E-state index in [0.29, 0.717) is 45.3 Å². The van der Waals surface area contributed by atoms with Gasteiger partial charge >= 0.3 is 0 Å². The average molecular weight is 452 g/mol. The summed E-state index contributed by atoms with van der Waals surface area (Å²) in [5.74, 6) is 0.823. The van der Waals surface area contributed by atoms with Gasteiger partial charge in [-0.2, -0.15) is 0 Å². The van der Waals surface area contributed by atoms with E-state index in [-0.39, 0.29) is 11.7 Å². The summed E-state index contributed by atoms with van der Waals surface area (Å²) in [6.07, 6.45) is 0.880. The minimum absolute atomic E-state index is 0.150. The first-order valence-corrected chi connectivity index (χ1v) is 11.1. The molecule has 0 unspecified atom stereocenters. The van der Waals surface area contributed by atoms with Crippen molar-refractivity contribution in [3.63, 3.8) is 0 Å². The molecule has 152 valence electrons. The van der Waals surface area contributed by atoms with Gasteiger partial charge in [-0.3, -0.25) is 4.79 Å². The normalized spacial score (nSPS) is 10.7. The van der Waals surface area contributed by atoms with Crippen LogP contribution in [0, 0.1) is 12.7 Å². The molecule has 1 heterocycles. The molecule has 2 aromatic carbocycles. The number of aryl methyl sites for hydroxylation is 1. The number of hydrogen-bond donors (Lipinski definition) is 1. The van der Waals surface area contributed by atoms with Crippen LogP contribution < -0.4 is 10.1 Å². The molecule has 1 aromatic heterocycles. The Kier molecular flexibility index (Phi) is 7.85. The van der Waals surface area contributed by atoms with Crippen molar-refractivity contribution < 1.29 is 13.9 Å². The maximum atomic E-state index is 13.6. The third-order valence-electron chi connectivity index (χ3n) is 3.90. The van der Waals surface area contributed by atoms with E-state index in [4.69, 9.17) is 16.3 Å². The lowest BCUT2D eigenvalue weighted by atomic mass is 10.2. The summed E-state index contributed by atoms with van der Waals surface area (Å²) in [4.78, 5) is 12.1. The highest BCUT2D eigenvalue weighted by atomic mass is 35.5. The topological polar surface area (TPSA) is 64.1 Å². The monoisotopic (exact) mass is 451 g/mol. The number of hydrogen-bond acceptors (Lipinski definition) is 6. The molecule has 3 rings (SSSR count). The van der Waals surface area contributed by atoms with Crippen molar-refractivity contribution in [1.29, 1.82) is 0 Å². The summed E-state index contributed by atoms with van der Waals surface area (Å²) < 4.78 is 20.0. The molecule has 3 aromatic rings. The molecule has 0 saturated heterocycles. The third-order valence-corrected chi connectivity index (χ3v) is 6.16. The summed E-state index contributed by atoms with van der Waals surface area (Å²) in [6, 6.07) is 12.0. The van der Waals surface area contributed by atoms with Crippen molar-refractivity contribution in [2.45, 2.75) is 29.9 Å². The second kappa shape index (κ2) is 10.6. The molecule has 0 atom stereocenters. The third kappa shape index (κ3) is 6.69. The van der Waals surface area contributed by atoms with Gasteiger partial charge in [0.05, 0.1) is 6.61 Å². The molecule has 0 bridgehead atoms. The second-order valence-electron chi connectivity index (χ2n) is 6.16. The molecular formula is C20H19ClFN3O2S2. The zero-order chi connectivity index (χ0) is 20.6. The Hall–Kier alpha value is -2.16. The van der Waals surface area contributed by atoms with E-state index in [1.165, 1.54) is 29.2 Å². The fraction of sp³-hybridized carbons (Fsp3) is 0.250. The quantitative estimate of drug-likeness (QED) is 0.256. The first kappa shape index (κ1) is 21.5. The molecular weight excluding hydrogens is 433 g/mol. The minimum Gasteiger partial charge on any atom is -0.493 e. The zero-order valence-electron chi connectivity index (χ0n) is 15.7. The second-order valence-corrected chi connectivity index (χ2v) is 8.80. The average Bonchev–Trinajstić information content (AvgIpc) is 3.13. The number of aromatic nitrogens is 2. The number of rotatable bonds is 9. The fourth-order valence-corrected chi connectivity index (χ4v) is 4.43. The molecule has 0 aliphatic heterocycles. The minimum atomic E-state index is -0.242. The van der Waals surface area contributed by atoms with Crippen LogP contribution in [0.3, 0.4) is 0 Å². The van der Waals surface area contributed by atoms with E-state index < -0.39 is 0 Å². The maximum Gasteiger partial charge on any atom is 0.226 e. The Labute approximate surface area is 181 Å². The summed E-state index contributed by atoms with van der Waals surface area (Å²) in [6.45, 7) is 2.35. The van der Waals surface area contributed by atoms with Gasteiger partial charge in [0.15, 0.2) is 4.34 Å². The fourth-order valence-electron chi connectivity index (χ4n) is 2.44. The number of benzene rings is 2. The summed E-state index contributed by atoms with van der Waals surface area (Å²) >= 11 is 8.57. The van der Waals surface area contributed by atoms with Gasteiger partial charge < -0.3 is 10.1 Å². The van der Waals surface area contributed by atoms with Gasteiger partial charge in [0.25, 0.3) is 0 Å². The van der Waals surface area contributed by atoms with E-state index in [2.05, 4.69) is 15.5 Å². The van der Waals surface area contributed by atoms with Crippen LogP contribution in [0.5, 0.6) is 5.75 Å². The van der Waals surface area contributed by atoms with Crippen LogP contribution in [0.15, 0.2) is 46.8 Å². The number of ether oxygens (including phenoxy) is 1. The van der Waals surface area contributed by atoms with Crippen LogP contribution in [0.1, 0.15) is 24.0 Å². The Bertz CT molecular complexity index is 984. The van der Waals surface area contributed by atoms with E-state index >= 15 is 0 Å². The van der Waals surface area contributed by atoms with Crippen LogP contribution in [0.25, 0.3) is 0 Å². The first-order chi connectivity index (χ1) is 14.0. The molecule has 0 spiro atoms. The SMILES string of the molecule is Cc1cc(Cl)ccc1OCCCC(=O)Nc1nnc(SCc2ccccc2F)s1. The number of carbonyl (C=O) groups excluding carboxylic acids is 1. The van der Waals surface area contributed by atoms with Crippen molar-refractivity contribution in [2.24, 2.45) is 0 Å². The van der Waals surface area contributed by atoms with Crippen LogP contribution in [-0.2, 0) is 10.5 Å². The number of carbonyl (C=O) groups is 1. The number of amides is 1. The molecule has 0 aliphatic rings. The van der Waals surface area contributed by atoms with Gasteiger partial charge in [-0.05, 0) is 48.7 Å². The lowest BCUT2D eigenvalue weighted by Gasteiger charge is -2.09. The van der Waals surface area contributed by atoms with Crippen molar-refractivity contribution in [3.05, 3.63) is 64.4 Å². The highest BCUT2D eigenvalue weighted by Crippen LogP contribution is 2.29. The zero-order valence-corrected chi connectivity index (χ0v) is 18.0.